The maximum atomic E-state index is 9.72. The van der Waals surface area contributed by atoms with Crippen molar-refractivity contribution in [3.05, 3.63) is 0 Å². The summed E-state index contributed by atoms with van der Waals surface area (Å²) in [6.07, 6.45) is 0.0000215. The van der Waals surface area contributed by atoms with Gasteiger partial charge in [0.1, 0.15) is 0 Å². The molecule has 0 aromatic rings. The molecule has 3 N–H and O–H groups in total. The van der Waals surface area contributed by atoms with Crippen molar-refractivity contribution in [2.24, 2.45) is 5.41 Å². The van der Waals surface area contributed by atoms with Crippen LogP contribution in [0.5, 0.6) is 0 Å². The molecule has 5 nitrogen and oxygen atoms in total. The summed E-state index contributed by atoms with van der Waals surface area (Å²) in [5, 5.41) is 22.6. The highest BCUT2D eigenvalue weighted by atomic mass is 16.5. The lowest BCUT2D eigenvalue weighted by Crippen LogP contribution is -2.61. The molecule has 0 aromatic heterocycles. The van der Waals surface area contributed by atoms with Gasteiger partial charge in [-0.25, -0.2) is 0 Å². The minimum Gasteiger partial charge on any atom is -0.392 e. The van der Waals surface area contributed by atoms with Crippen molar-refractivity contribution in [3.63, 3.8) is 0 Å². The van der Waals surface area contributed by atoms with Gasteiger partial charge < -0.3 is 25.0 Å². The van der Waals surface area contributed by atoms with Gasteiger partial charge in [-0.1, -0.05) is 13.8 Å². The smallest absolute Gasteiger partial charge is 0.0897 e. The van der Waals surface area contributed by atoms with Crippen LogP contribution in [0, 0.1) is 5.41 Å². The van der Waals surface area contributed by atoms with Crippen LogP contribution in [0.4, 0.5) is 0 Å². The first kappa shape index (κ1) is 15.9. The van der Waals surface area contributed by atoms with Gasteiger partial charge in [0.2, 0.25) is 0 Å². The van der Waals surface area contributed by atoms with Crippen LogP contribution >= 0.6 is 0 Å². The topological polar surface area (TPSA) is 71.0 Å². The van der Waals surface area contributed by atoms with E-state index in [4.69, 9.17) is 9.47 Å². The van der Waals surface area contributed by atoms with Crippen molar-refractivity contribution in [2.75, 3.05) is 33.0 Å². The third kappa shape index (κ3) is 4.48. The Labute approximate surface area is 109 Å². The molecule has 0 heterocycles. The highest BCUT2D eigenvalue weighted by Gasteiger charge is 2.46. The fourth-order valence-corrected chi connectivity index (χ4v) is 2.07. The molecule has 18 heavy (non-hydrogen) atoms. The van der Waals surface area contributed by atoms with Crippen LogP contribution in [-0.2, 0) is 9.47 Å². The Hall–Kier alpha value is -0.200. The number of aliphatic hydroxyl groups is 2. The summed E-state index contributed by atoms with van der Waals surface area (Å²) in [5.41, 5.74) is -0.102. The standard InChI is InChI=1S/C13H27NO4/c1-4-17-5-6-18-9-10(15)8-14-11-7-12(16)13(11,2)3/h10-12,14-16H,4-9H2,1-3H3. The molecular weight excluding hydrogens is 234 g/mol. The maximum absolute atomic E-state index is 9.72. The quantitative estimate of drug-likeness (QED) is 0.515. The SMILES string of the molecule is CCOCCOCC(O)CNC1CC(O)C1(C)C. The van der Waals surface area contributed by atoms with Crippen molar-refractivity contribution in [1.29, 1.82) is 0 Å². The van der Waals surface area contributed by atoms with Crippen LogP contribution in [0.15, 0.2) is 0 Å². The first-order valence-electron chi connectivity index (χ1n) is 6.73. The summed E-state index contributed by atoms with van der Waals surface area (Å²) in [6, 6.07) is 0.269. The van der Waals surface area contributed by atoms with Crippen molar-refractivity contribution >= 4 is 0 Å². The van der Waals surface area contributed by atoms with Gasteiger partial charge in [0, 0.05) is 24.6 Å². The molecule has 1 aliphatic rings. The summed E-state index contributed by atoms with van der Waals surface area (Å²) in [7, 11) is 0. The first-order chi connectivity index (χ1) is 8.48. The van der Waals surface area contributed by atoms with Crippen molar-refractivity contribution < 1.29 is 19.7 Å². The number of hydrogen-bond acceptors (Lipinski definition) is 5. The van der Waals surface area contributed by atoms with Gasteiger partial charge in [-0.05, 0) is 13.3 Å². The molecule has 1 fully saturated rings. The lowest BCUT2D eigenvalue weighted by Gasteiger charge is -2.49. The van der Waals surface area contributed by atoms with Crippen molar-refractivity contribution in [1.82, 2.24) is 5.32 Å². The minimum absolute atomic E-state index is 0.102. The lowest BCUT2D eigenvalue weighted by atomic mass is 9.64. The van der Waals surface area contributed by atoms with E-state index in [9.17, 15) is 10.2 Å². The Morgan fingerprint density at radius 1 is 1.33 bits per heavy atom. The molecule has 1 rings (SSSR count). The van der Waals surface area contributed by atoms with Gasteiger partial charge in [0.15, 0.2) is 0 Å². The van der Waals surface area contributed by atoms with Crippen LogP contribution in [0.2, 0.25) is 0 Å². The normalized spacial score (nSPS) is 27.8. The molecule has 108 valence electrons. The van der Waals surface area contributed by atoms with E-state index >= 15 is 0 Å². The van der Waals surface area contributed by atoms with Gasteiger partial charge in [-0.3, -0.25) is 0 Å². The van der Waals surface area contributed by atoms with Gasteiger partial charge in [0.05, 0.1) is 32.0 Å². The van der Waals surface area contributed by atoms with E-state index in [-0.39, 0.29) is 17.6 Å². The number of nitrogens with one attached hydrogen (secondary N) is 1. The Morgan fingerprint density at radius 3 is 2.56 bits per heavy atom. The Balaban J connectivity index is 2.02. The van der Waals surface area contributed by atoms with Gasteiger partial charge in [-0.15, -0.1) is 0 Å². The average Bonchev–Trinajstić information content (AvgIpc) is 2.34. The molecular formula is C13H27NO4. The largest absolute Gasteiger partial charge is 0.392 e. The van der Waals surface area contributed by atoms with E-state index in [1.807, 2.05) is 20.8 Å². The average molecular weight is 261 g/mol. The predicted octanol–water partition coefficient (Wildman–Crippen LogP) is 0.149. The molecule has 1 aliphatic carbocycles. The highest BCUT2D eigenvalue weighted by molar-refractivity contribution is 5.01. The van der Waals surface area contributed by atoms with Gasteiger partial charge in [0.25, 0.3) is 0 Å². The Bertz CT molecular complexity index is 235. The number of rotatable bonds is 9. The van der Waals surface area contributed by atoms with Gasteiger partial charge >= 0.3 is 0 Å². The second-order valence-corrected chi connectivity index (χ2v) is 5.46. The van der Waals surface area contributed by atoms with Crippen LogP contribution in [0.25, 0.3) is 0 Å². The third-order valence-corrected chi connectivity index (χ3v) is 3.70. The Morgan fingerprint density at radius 2 is 2.00 bits per heavy atom. The van der Waals surface area contributed by atoms with E-state index < -0.39 is 6.10 Å². The van der Waals surface area contributed by atoms with E-state index in [1.54, 1.807) is 0 Å². The highest BCUT2D eigenvalue weighted by Crippen LogP contribution is 2.40. The van der Waals surface area contributed by atoms with Crippen LogP contribution in [-0.4, -0.2) is 61.4 Å². The minimum atomic E-state index is -0.514. The molecule has 0 saturated heterocycles. The molecule has 0 aromatic carbocycles. The van der Waals surface area contributed by atoms with E-state index in [2.05, 4.69) is 5.32 Å². The zero-order valence-corrected chi connectivity index (χ0v) is 11.7. The Kier molecular flexibility index (Phi) is 6.52. The van der Waals surface area contributed by atoms with Crippen molar-refractivity contribution in [3.8, 4) is 0 Å². The molecule has 0 amide bonds. The van der Waals surface area contributed by atoms with E-state index in [1.165, 1.54) is 0 Å². The monoisotopic (exact) mass is 261 g/mol. The molecule has 0 radical (unpaired) electrons. The zero-order valence-electron chi connectivity index (χ0n) is 11.7. The first-order valence-corrected chi connectivity index (χ1v) is 6.73. The molecule has 5 heteroatoms. The second kappa shape index (κ2) is 7.40. The fourth-order valence-electron chi connectivity index (χ4n) is 2.07. The van der Waals surface area contributed by atoms with E-state index in [0.29, 0.717) is 33.0 Å². The van der Waals surface area contributed by atoms with Crippen LogP contribution in [0.3, 0.4) is 0 Å². The summed E-state index contributed by atoms with van der Waals surface area (Å²) in [6.45, 7) is 8.58. The molecule has 3 atom stereocenters. The molecule has 0 spiro atoms. The van der Waals surface area contributed by atoms with Crippen LogP contribution < -0.4 is 5.32 Å². The molecule has 3 unspecified atom stereocenters. The number of hydrogen-bond donors (Lipinski definition) is 3. The lowest BCUT2D eigenvalue weighted by molar-refractivity contribution is -0.0770. The third-order valence-electron chi connectivity index (χ3n) is 3.70. The van der Waals surface area contributed by atoms with E-state index in [0.717, 1.165) is 6.42 Å². The molecule has 0 bridgehead atoms. The summed E-state index contributed by atoms with van der Waals surface area (Å²) in [5.74, 6) is 0. The summed E-state index contributed by atoms with van der Waals surface area (Å²) >= 11 is 0. The fraction of sp³-hybridized carbons (Fsp3) is 1.00. The summed E-state index contributed by atoms with van der Waals surface area (Å²) < 4.78 is 10.4. The second-order valence-electron chi connectivity index (χ2n) is 5.46. The number of aliphatic hydroxyl groups excluding tert-OH is 2. The maximum Gasteiger partial charge on any atom is 0.0897 e. The molecule has 1 saturated carbocycles. The molecule has 0 aliphatic heterocycles. The number of ether oxygens (including phenoxy) is 2. The van der Waals surface area contributed by atoms with Gasteiger partial charge in [-0.2, -0.15) is 0 Å². The van der Waals surface area contributed by atoms with Crippen molar-refractivity contribution in [2.45, 2.75) is 45.4 Å². The predicted molar refractivity (Wildman–Crippen MR) is 69.5 cm³/mol. The van der Waals surface area contributed by atoms with Crippen LogP contribution in [0.1, 0.15) is 27.2 Å². The zero-order chi connectivity index (χ0) is 13.6. The summed E-state index contributed by atoms with van der Waals surface area (Å²) in [4.78, 5) is 0.